The largest absolute Gasteiger partial charge is 0.484 e. The molecule has 28 heavy (non-hydrogen) atoms. The Kier molecular flexibility index (Phi) is 11.7. The van der Waals surface area contributed by atoms with Crippen molar-refractivity contribution in [2.45, 2.75) is 19.3 Å². The van der Waals surface area contributed by atoms with E-state index in [4.69, 9.17) is 10.5 Å². The van der Waals surface area contributed by atoms with Gasteiger partial charge in [-0.05, 0) is 42.5 Å². The second-order valence-electron chi connectivity index (χ2n) is 6.16. The second-order valence-corrected chi connectivity index (χ2v) is 6.16. The van der Waals surface area contributed by atoms with E-state index in [1.807, 2.05) is 30.3 Å². The summed E-state index contributed by atoms with van der Waals surface area (Å²) in [4.78, 5) is 15.0. The van der Waals surface area contributed by atoms with Crippen LogP contribution in [-0.2, 0) is 17.6 Å². The number of aliphatic imine (C=N–C) groups is 1. The van der Waals surface area contributed by atoms with Crippen LogP contribution in [0.3, 0.4) is 0 Å². The Morgan fingerprint density at radius 2 is 1.61 bits per heavy atom. The zero-order chi connectivity index (χ0) is 19.3. The predicted molar refractivity (Wildman–Crippen MR) is 124 cm³/mol. The molecule has 0 aliphatic rings. The number of aryl methyl sites for hydroxylation is 1. The van der Waals surface area contributed by atoms with Gasteiger partial charge in [-0.15, -0.1) is 24.0 Å². The summed E-state index contributed by atoms with van der Waals surface area (Å²) in [5, 5.41) is 6.66. The van der Waals surface area contributed by atoms with Crippen molar-refractivity contribution in [1.82, 2.24) is 10.6 Å². The fraction of sp³-hybridized carbons (Fsp3) is 0.333. The maximum Gasteiger partial charge on any atom is 0.255 e. The van der Waals surface area contributed by atoms with Crippen molar-refractivity contribution in [2.75, 3.05) is 26.7 Å². The Balaban J connectivity index is 0.00000392. The molecule has 2 aromatic carbocycles. The van der Waals surface area contributed by atoms with Gasteiger partial charge in [0.1, 0.15) is 5.75 Å². The Labute approximate surface area is 184 Å². The first-order valence-electron chi connectivity index (χ1n) is 9.16. The molecule has 0 aliphatic heterocycles. The molecule has 0 heterocycles. The number of halogens is 1. The Morgan fingerprint density at radius 1 is 0.964 bits per heavy atom. The number of primary amides is 1. The number of carbonyl (C=O) groups is 1. The number of hydrogen-bond acceptors (Lipinski definition) is 3. The number of nitrogens with zero attached hydrogens (tertiary/aromatic N) is 1. The molecular formula is C21H29IN4O2. The lowest BCUT2D eigenvalue weighted by molar-refractivity contribution is -0.119. The van der Waals surface area contributed by atoms with Crippen LogP contribution >= 0.6 is 24.0 Å². The van der Waals surface area contributed by atoms with Crippen LogP contribution in [0.25, 0.3) is 0 Å². The molecule has 0 spiro atoms. The highest BCUT2D eigenvalue weighted by molar-refractivity contribution is 14.0. The van der Waals surface area contributed by atoms with Crippen LogP contribution in [0.4, 0.5) is 0 Å². The number of hydrogen-bond donors (Lipinski definition) is 3. The van der Waals surface area contributed by atoms with Gasteiger partial charge in [0.15, 0.2) is 12.6 Å². The Morgan fingerprint density at radius 3 is 2.25 bits per heavy atom. The van der Waals surface area contributed by atoms with Crippen molar-refractivity contribution < 1.29 is 9.53 Å². The van der Waals surface area contributed by atoms with Gasteiger partial charge >= 0.3 is 0 Å². The Hall–Kier alpha value is -2.29. The van der Waals surface area contributed by atoms with Gasteiger partial charge in [0.05, 0.1) is 0 Å². The van der Waals surface area contributed by atoms with Crippen LogP contribution in [0.1, 0.15) is 17.5 Å². The molecule has 0 saturated heterocycles. The Bertz CT molecular complexity index is 721. The summed E-state index contributed by atoms with van der Waals surface area (Å²) in [7, 11) is 1.78. The molecule has 152 valence electrons. The maximum absolute atomic E-state index is 10.7. The first-order valence-corrected chi connectivity index (χ1v) is 9.16. The smallest absolute Gasteiger partial charge is 0.255 e. The average molecular weight is 496 g/mol. The predicted octanol–water partition coefficient (Wildman–Crippen LogP) is 2.51. The summed E-state index contributed by atoms with van der Waals surface area (Å²) in [5.74, 6) is 0.969. The number of ether oxygens (including phenoxy) is 1. The van der Waals surface area contributed by atoms with Crippen molar-refractivity contribution in [3.05, 3.63) is 65.7 Å². The van der Waals surface area contributed by atoms with Gasteiger partial charge in [0, 0.05) is 20.1 Å². The van der Waals surface area contributed by atoms with Crippen LogP contribution in [0.2, 0.25) is 0 Å². The number of guanidine groups is 1. The summed E-state index contributed by atoms with van der Waals surface area (Å²) < 4.78 is 5.25. The molecule has 0 radical (unpaired) electrons. The topological polar surface area (TPSA) is 88.7 Å². The minimum Gasteiger partial charge on any atom is -0.484 e. The fourth-order valence-corrected chi connectivity index (χ4v) is 2.60. The highest BCUT2D eigenvalue weighted by Crippen LogP contribution is 2.12. The van der Waals surface area contributed by atoms with Crippen LogP contribution < -0.4 is 21.1 Å². The molecule has 0 unspecified atom stereocenters. The van der Waals surface area contributed by atoms with Gasteiger partial charge in [-0.3, -0.25) is 9.79 Å². The van der Waals surface area contributed by atoms with Crippen LogP contribution in [0.15, 0.2) is 59.6 Å². The summed E-state index contributed by atoms with van der Waals surface area (Å²) in [6, 6.07) is 18.1. The molecular weight excluding hydrogens is 467 g/mol. The maximum atomic E-state index is 10.7. The third-order valence-corrected chi connectivity index (χ3v) is 4.01. The van der Waals surface area contributed by atoms with Crippen LogP contribution in [0.5, 0.6) is 5.75 Å². The summed E-state index contributed by atoms with van der Waals surface area (Å²) in [6.07, 6.45) is 2.97. The average Bonchev–Trinajstić information content (AvgIpc) is 2.70. The number of nitrogens with two attached hydrogens (primary N) is 1. The van der Waals surface area contributed by atoms with Crippen molar-refractivity contribution in [2.24, 2.45) is 10.7 Å². The normalized spacial score (nSPS) is 10.7. The van der Waals surface area contributed by atoms with Crippen molar-refractivity contribution in [1.29, 1.82) is 0 Å². The minimum absolute atomic E-state index is 0. The first kappa shape index (κ1) is 23.7. The number of amides is 1. The quantitative estimate of drug-likeness (QED) is 0.204. The van der Waals surface area contributed by atoms with E-state index in [2.05, 4.69) is 39.9 Å². The standard InChI is InChI=1S/C21H28N4O2.HI/c1-23-21(24-14-5-8-17-6-3-2-4-7-17)25-15-13-18-9-11-19(12-10-18)27-16-20(22)26;/h2-4,6-7,9-12H,5,8,13-16H2,1H3,(H2,22,26)(H2,23,24,25);1H. The molecule has 0 saturated carbocycles. The number of carbonyl (C=O) groups excluding carboxylic acids is 1. The van der Waals surface area contributed by atoms with E-state index < -0.39 is 5.91 Å². The highest BCUT2D eigenvalue weighted by atomic mass is 127. The SMILES string of the molecule is CN=C(NCCCc1ccccc1)NCCc1ccc(OCC(N)=O)cc1.I. The van der Waals surface area contributed by atoms with Gasteiger partial charge in [0.25, 0.3) is 5.91 Å². The van der Waals surface area contributed by atoms with E-state index in [-0.39, 0.29) is 30.6 Å². The van der Waals surface area contributed by atoms with E-state index in [0.717, 1.165) is 38.3 Å². The summed E-state index contributed by atoms with van der Waals surface area (Å²) >= 11 is 0. The van der Waals surface area contributed by atoms with Crippen LogP contribution in [-0.4, -0.2) is 38.6 Å². The van der Waals surface area contributed by atoms with Crippen molar-refractivity contribution in [3.63, 3.8) is 0 Å². The number of nitrogens with one attached hydrogen (secondary N) is 2. The molecule has 7 heteroatoms. The molecule has 2 rings (SSSR count). The monoisotopic (exact) mass is 496 g/mol. The minimum atomic E-state index is -0.481. The molecule has 4 N–H and O–H groups in total. The summed E-state index contributed by atoms with van der Waals surface area (Å²) in [5.41, 5.74) is 7.59. The van der Waals surface area contributed by atoms with Gasteiger partial charge in [0.2, 0.25) is 0 Å². The first-order chi connectivity index (χ1) is 13.2. The molecule has 0 bridgehead atoms. The lowest BCUT2D eigenvalue weighted by Gasteiger charge is -2.12. The zero-order valence-corrected chi connectivity index (χ0v) is 18.5. The van der Waals surface area contributed by atoms with Crippen molar-refractivity contribution in [3.8, 4) is 5.75 Å². The molecule has 6 nitrogen and oxygen atoms in total. The van der Waals surface area contributed by atoms with E-state index in [1.54, 1.807) is 7.05 Å². The van der Waals surface area contributed by atoms with E-state index in [9.17, 15) is 4.79 Å². The summed E-state index contributed by atoms with van der Waals surface area (Å²) in [6.45, 7) is 1.55. The molecule has 0 aliphatic carbocycles. The van der Waals surface area contributed by atoms with E-state index in [0.29, 0.717) is 5.75 Å². The van der Waals surface area contributed by atoms with Gasteiger partial charge in [-0.25, -0.2) is 0 Å². The third-order valence-electron chi connectivity index (χ3n) is 4.01. The van der Waals surface area contributed by atoms with Crippen molar-refractivity contribution >= 4 is 35.8 Å². The molecule has 0 aromatic heterocycles. The lowest BCUT2D eigenvalue weighted by Crippen LogP contribution is -2.38. The third kappa shape index (κ3) is 9.59. The van der Waals surface area contributed by atoms with Gasteiger partial charge in [-0.2, -0.15) is 0 Å². The lowest BCUT2D eigenvalue weighted by atomic mass is 10.1. The number of rotatable bonds is 10. The van der Waals surface area contributed by atoms with E-state index >= 15 is 0 Å². The highest BCUT2D eigenvalue weighted by Gasteiger charge is 2.00. The molecule has 0 fully saturated rings. The van der Waals surface area contributed by atoms with E-state index in [1.165, 1.54) is 11.1 Å². The van der Waals surface area contributed by atoms with Gasteiger partial charge < -0.3 is 21.1 Å². The molecule has 2 aromatic rings. The molecule has 0 atom stereocenters. The van der Waals surface area contributed by atoms with Crippen LogP contribution in [0, 0.1) is 0 Å². The zero-order valence-electron chi connectivity index (χ0n) is 16.2. The second kappa shape index (κ2) is 13.8. The van der Waals surface area contributed by atoms with Gasteiger partial charge in [-0.1, -0.05) is 42.5 Å². The number of benzene rings is 2. The fourth-order valence-electron chi connectivity index (χ4n) is 2.60. The molecule has 1 amide bonds.